The number of hydrogen-bond acceptors (Lipinski definition) is 7. The van der Waals surface area contributed by atoms with Crippen molar-refractivity contribution in [2.45, 2.75) is 78.1 Å². The minimum absolute atomic E-state index is 0.00896. The Morgan fingerprint density at radius 3 is 2.41 bits per heavy atom. The third-order valence-corrected chi connectivity index (χ3v) is 8.91. The maximum atomic E-state index is 13.6. The molecule has 15 heteroatoms. The first-order chi connectivity index (χ1) is 19.4. The molecule has 2 N–H and O–H groups in total. The molecule has 4 heterocycles. The number of carbonyl (C=O) groups excluding carboxylic acids is 2. The van der Waals surface area contributed by atoms with E-state index in [-0.39, 0.29) is 22.4 Å². The van der Waals surface area contributed by atoms with E-state index >= 15 is 0 Å². The number of aryl methyl sites for hydroxylation is 1. The van der Waals surface area contributed by atoms with E-state index in [0.717, 1.165) is 36.6 Å². The molecule has 1 atom stereocenters. The molecule has 0 radical (unpaired) electrons. The molecule has 0 aliphatic carbocycles. The van der Waals surface area contributed by atoms with Gasteiger partial charge in [0.15, 0.2) is 5.01 Å². The number of rotatable bonds is 7. The standard InChI is InChI=1S/C18H19F5N4O2S2.C6H11NO.C2H6/c1-9-14(30-17(26-9)16(28)27-10-2-4-31(29)5-3-10)12-7-24-13(6-11(12)15(19)20)25-8-18(21,22)23;1-6-3-2-4-7(6)5-8;1-2/h6-7,10,15H,2-5,8H2,1H3,(H,24,25)(H,27,28);5-6H,2-4H2,1H3;1-2H3. The Hall–Kier alpha value is -2.68. The number of alkyl halides is 5. The summed E-state index contributed by atoms with van der Waals surface area (Å²) < 4.78 is 75.7. The Balaban J connectivity index is 0.000000500. The van der Waals surface area contributed by atoms with E-state index in [0.29, 0.717) is 41.0 Å². The van der Waals surface area contributed by atoms with E-state index in [2.05, 4.69) is 22.2 Å². The first kappa shape index (κ1) is 34.5. The molecule has 4 rings (SSSR count). The van der Waals surface area contributed by atoms with E-state index < -0.39 is 41.4 Å². The van der Waals surface area contributed by atoms with Gasteiger partial charge in [-0.25, -0.2) is 18.7 Å². The zero-order valence-corrected chi connectivity index (χ0v) is 25.0. The van der Waals surface area contributed by atoms with E-state index in [1.807, 2.05) is 24.1 Å². The van der Waals surface area contributed by atoms with E-state index in [1.165, 1.54) is 12.8 Å². The summed E-state index contributed by atoms with van der Waals surface area (Å²) in [5.74, 6) is 0.231. The number of nitrogens with zero attached hydrogens (tertiary/aromatic N) is 3. The Morgan fingerprint density at radius 1 is 1.24 bits per heavy atom. The van der Waals surface area contributed by atoms with Crippen LogP contribution < -0.4 is 10.6 Å². The zero-order chi connectivity index (χ0) is 30.7. The fourth-order valence-corrected chi connectivity index (χ4v) is 6.47. The van der Waals surface area contributed by atoms with Crippen LogP contribution in [0.2, 0.25) is 0 Å². The van der Waals surface area contributed by atoms with Gasteiger partial charge >= 0.3 is 6.18 Å². The highest BCUT2D eigenvalue weighted by Crippen LogP contribution is 2.37. The number of anilines is 1. The minimum atomic E-state index is -4.52. The van der Waals surface area contributed by atoms with Crippen molar-refractivity contribution in [3.05, 3.63) is 28.5 Å². The van der Waals surface area contributed by atoms with Gasteiger partial charge in [0.2, 0.25) is 6.41 Å². The lowest BCUT2D eigenvalue weighted by Gasteiger charge is -2.21. The molecule has 0 spiro atoms. The number of aromatic nitrogens is 2. The summed E-state index contributed by atoms with van der Waals surface area (Å²) in [5, 5.41) is 4.88. The monoisotopic (exact) mass is 625 g/mol. The molecule has 2 fully saturated rings. The second kappa shape index (κ2) is 16.1. The maximum absolute atomic E-state index is 13.6. The second-order valence-electron chi connectivity index (χ2n) is 9.29. The number of nitrogens with one attached hydrogen (secondary N) is 2. The highest BCUT2D eigenvalue weighted by atomic mass is 32.2. The van der Waals surface area contributed by atoms with Gasteiger partial charge in [-0.1, -0.05) is 13.8 Å². The highest BCUT2D eigenvalue weighted by Gasteiger charge is 2.28. The first-order valence-electron chi connectivity index (χ1n) is 13.3. The average Bonchev–Trinajstić information content (AvgIpc) is 3.54. The molecule has 2 aromatic rings. The molecule has 2 aromatic heterocycles. The molecular weight excluding hydrogens is 589 g/mol. The Kier molecular flexibility index (Phi) is 13.5. The number of likely N-dealkylation sites (tertiary alicyclic amines) is 1. The second-order valence-corrected chi connectivity index (χ2v) is 12.0. The average molecular weight is 626 g/mol. The van der Waals surface area contributed by atoms with Gasteiger partial charge < -0.3 is 15.5 Å². The summed E-state index contributed by atoms with van der Waals surface area (Å²) in [6.45, 7) is 7.20. The summed E-state index contributed by atoms with van der Waals surface area (Å²) in [5.41, 5.74) is -0.164. The number of hydrogen-bond donors (Lipinski definition) is 2. The molecule has 0 bridgehead atoms. The zero-order valence-electron chi connectivity index (χ0n) is 23.4. The molecule has 1 unspecified atom stereocenters. The third kappa shape index (κ3) is 10.6. The van der Waals surface area contributed by atoms with Gasteiger partial charge in [0, 0.05) is 58.3 Å². The van der Waals surface area contributed by atoms with Crippen molar-refractivity contribution in [1.29, 1.82) is 0 Å². The van der Waals surface area contributed by atoms with Crippen molar-refractivity contribution in [2.24, 2.45) is 0 Å². The number of amides is 2. The smallest absolute Gasteiger partial charge is 0.361 e. The highest BCUT2D eigenvalue weighted by molar-refractivity contribution is 7.85. The SMILES string of the molecule is CC.CC1CCCN1C=O.Cc1nc(C(=O)NC2CCS(=O)CC2)sc1-c1cnc(NCC(F)(F)F)cc1C(F)F. The van der Waals surface area contributed by atoms with Crippen LogP contribution in [0, 0.1) is 6.92 Å². The molecule has 2 aliphatic heterocycles. The van der Waals surface area contributed by atoms with Gasteiger partial charge in [-0.15, -0.1) is 11.3 Å². The van der Waals surface area contributed by atoms with Gasteiger partial charge in [-0.3, -0.25) is 13.8 Å². The van der Waals surface area contributed by atoms with E-state index in [4.69, 9.17) is 0 Å². The Bertz CT molecular complexity index is 1170. The predicted molar refractivity (Wildman–Crippen MR) is 151 cm³/mol. The van der Waals surface area contributed by atoms with Gasteiger partial charge in [0.1, 0.15) is 12.4 Å². The molecule has 0 saturated carbocycles. The van der Waals surface area contributed by atoms with Crippen molar-refractivity contribution < 1.29 is 35.8 Å². The number of thiazole rings is 1. The van der Waals surface area contributed by atoms with Crippen LogP contribution in [0.25, 0.3) is 10.4 Å². The van der Waals surface area contributed by atoms with Gasteiger partial charge in [-0.05, 0) is 45.6 Å². The molecule has 8 nitrogen and oxygen atoms in total. The van der Waals surface area contributed by atoms with Gasteiger partial charge in [-0.2, -0.15) is 13.2 Å². The van der Waals surface area contributed by atoms with Crippen LogP contribution in [0.4, 0.5) is 27.8 Å². The lowest BCUT2D eigenvalue weighted by atomic mass is 10.1. The van der Waals surface area contributed by atoms with Gasteiger partial charge in [0.05, 0.1) is 10.6 Å². The van der Waals surface area contributed by atoms with Crippen LogP contribution in [-0.2, 0) is 15.6 Å². The quantitative estimate of drug-likeness (QED) is 0.302. The Morgan fingerprint density at radius 2 is 1.90 bits per heavy atom. The van der Waals surface area contributed by atoms with E-state index in [1.54, 1.807) is 6.92 Å². The van der Waals surface area contributed by atoms with Crippen LogP contribution in [0.1, 0.15) is 73.9 Å². The number of carbonyl (C=O) groups is 2. The number of halogens is 5. The molecule has 2 amide bonds. The van der Waals surface area contributed by atoms with Crippen molar-refractivity contribution >= 4 is 40.3 Å². The minimum Gasteiger partial charge on any atom is -0.361 e. The van der Waals surface area contributed by atoms with Crippen molar-refractivity contribution in [1.82, 2.24) is 20.2 Å². The third-order valence-electron chi connectivity index (χ3n) is 6.34. The summed E-state index contributed by atoms with van der Waals surface area (Å²) >= 11 is 0.908. The largest absolute Gasteiger partial charge is 0.405 e. The fourth-order valence-electron chi connectivity index (χ4n) is 4.17. The molecule has 41 heavy (non-hydrogen) atoms. The first-order valence-corrected chi connectivity index (χ1v) is 15.6. The number of pyridine rings is 1. The summed E-state index contributed by atoms with van der Waals surface area (Å²) in [7, 11) is -0.870. The van der Waals surface area contributed by atoms with Gasteiger partial charge in [0.25, 0.3) is 12.3 Å². The molecule has 230 valence electrons. The molecule has 2 aliphatic rings. The van der Waals surface area contributed by atoms with Crippen molar-refractivity contribution in [3.63, 3.8) is 0 Å². The Labute approximate surface area is 243 Å². The van der Waals surface area contributed by atoms with Crippen molar-refractivity contribution in [2.75, 3.05) is 29.9 Å². The van der Waals surface area contributed by atoms with E-state index in [9.17, 15) is 35.8 Å². The van der Waals surface area contributed by atoms with Crippen LogP contribution in [0.5, 0.6) is 0 Å². The van der Waals surface area contributed by atoms with Crippen LogP contribution >= 0.6 is 11.3 Å². The van der Waals surface area contributed by atoms with Crippen molar-refractivity contribution in [3.8, 4) is 10.4 Å². The maximum Gasteiger partial charge on any atom is 0.405 e. The van der Waals surface area contributed by atoms with Crippen LogP contribution in [0.15, 0.2) is 12.3 Å². The summed E-state index contributed by atoms with van der Waals surface area (Å²) in [4.78, 5) is 32.8. The lowest BCUT2D eigenvalue weighted by molar-refractivity contribution is -0.118. The lowest BCUT2D eigenvalue weighted by Crippen LogP contribution is -2.39. The summed E-state index contributed by atoms with van der Waals surface area (Å²) in [6, 6.07) is 1.23. The predicted octanol–water partition coefficient (Wildman–Crippen LogP) is 5.72. The van der Waals surface area contributed by atoms with Crippen LogP contribution in [-0.4, -0.2) is 74.2 Å². The topological polar surface area (TPSA) is 104 Å². The molecule has 2 saturated heterocycles. The fraction of sp³-hybridized carbons (Fsp3) is 0.615. The van der Waals surface area contributed by atoms with Crippen LogP contribution in [0.3, 0.4) is 0 Å². The molecule has 0 aromatic carbocycles. The summed E-state index contributed by atoms with van der Waals surface area (Å²) in [6.07, 6.45) is -1.96. The normalized spacial score (nSPS) is 20.4. The molecular formula is C26H36F5N5O3S2.